The number of nitrogens with zero attached hydrogens (tertiary/aromatic N) is 5. The van der Waals surface area contributed by atoms with E-state index >= 15 is 0 Å². The number of morpholine rings is 1. The molecule has 0 atom stereocenters. The van der Waals surface area contributed by atoms with Crippen LogP contribution in [0.4, 0.5) is 5.69 Å². The predicted molar refractivity (Wildman–Crippen MR) is 105 cm³/mol. The molecule has 0 spiro atoms. The summed E-state index contributed by atoms with van der Waals surface area (Å²) in [6, 6.07) is 6.44. The molecule has 2 fully saturated rings. The van der Waals surface area contributed by atoms with E-state index in [0.717, 1.165) is 66.7 Å². The van der Waals surface area contributed by atoms with Crippen LogP contribution in [-0.2, 0) is 11.2 Å². The van der Waals surface area contributed by atoms with Crippen molar-refractivity contribution in [1.29, 1.82) is 0 Å². The minimum atomic E-state index is 0.547. The van der Waals surface area contributed by atoms with Crippen molar-refractivity contribution in [3.63, 3.8) is 0 Å². The van der Waals surface area contributed by atoms with Crippen LogP contribution in [-0.4, -0.2) is 45.9 Å². The smallest absolute Gasteiger partial charge is 0.178 e. The Kier molecular flexibility index (Phi) is 4.08. The van der Waals surface area contributed by atoms with Crippen molar-refractivity contribution in [1.82, 2.24) is 19.6 Å². The van der Waals surface area contributed by atoms with Gasteiger partial charge >= 0.3 is 0 Å². The number of aromatic nitrogens is 4. The Morgan fingerprint density at radius 2 is 2.00 bits per heavy atom. The number of anilines is 1. The summed E-state index contributed by atoms with van der Waals surface area (Å²) in [4.78, 5) is 12.1. The van der Waals surface area contributed by atoms with E-state index in [1.54, 1.807) is 0 Å². The van der Waals surface area contributed by atoms with Crippen LogP contribution in [0, 0.1) is 6.92 Å². The molecule has 27 heavy (non-hydrogen) atoms. The first-order valence-electron chi connectivity index (χ1n) is 9.93. The van der Waals surface area contributed by atoms with E-state index in [2.05, 4.69) is 46.4 Å². The second kappa shape index (κ2) is 6.60. The highest BCUT2D eigenvalue weighted by Crippen LogP contribution is 2.44. The molecule has 0 bridgehead atoms. The van der Waals surface area contributed by atoms with Crippen LogP contribution in [0.2, 0.25) is 0 Å². The maximum Gasteiger partial charge on any atom is 0.178 e. The van der Waals surface area contributed by atoms with Gasteiger partial charge in [-0.25, -0.2) is 9.50 Å². The van der Waals surface area contributed by atoms with Gasteiger partial charge in [-0.05, 0) is 44.4 Å². The SMILES string of the molecule is CCc1ccc(-c2c(C3CC3)nc3c(N4CCOCC4)cc(C)nn23)cn1. The van der Waals surface area contributed by atoms with Gasteiger partial charge in [0.05, 0.1) is 36.0 Å². The van der Waals surface area contributed by atoms with Crippen molar-refractivity contribution in [2.24, 2.45) is 0 Å². The molecule has 0 aromatic carbocycles. The highest BCUT2D eigenvalue weighted by molar-refractivity contribution is 5.76. The van der Waals surface area contributed by atoms with Gasteiger partial charge in [0.2, 0.25) is 0 Å². The minimum absolute atomic E-state index is 0.547. The third kappa shape index (κ3) is 2.98. The summed E-state index contributed by atoms with van der Waals surface area (Å²) in [6.45, 7) is 7.51. The van der Waals surface area contributed by atoms with Crippen molar-refractivity contribution < 1.29 is 4.74 Å². The highest BCUT2D eigenvalue weighted by Gasteiger charge is 2.32. The molecule has 140 valence electrons. The zero-order valence-electron chi connectivity index (χ0n) is 16.0. The zero-order valence-corrected chi connectivity index (χ0v) is 16.0. The third-order valence-corrected chi connectivity index (χ3v) is 5.49. The summed E-state index contributed by atoms with van der Waals surface area (Å²) in [5.41, 5.74) is 7.63. The number of pyridine rings is 1. The van der Waals surface area contributed by atoms with Crippen LogP contribution in [0.5, 0.6) is 0 Å². The van der Waals surface area contributed by atoms with E-state index in [1.165, 1.54) is 18.5 Å². The highest BCUT2D eigenvalue weighted by atomic mass is 16.5. The average molecular weight is 363 g/mol. The minimum Gasteiger partial charge on any atom is -0.378 e. The molecule has 1 aliphatic heterocycles. The summed E-state index contributed by atoms with van der Waals surface area (Å²) in [7, 11) is 0. The molecule has 1 saturated heterocycles. The lowest BCUT2D eigenvalue weighted by Crippen LogP contribution is -2.36. The summed E-state index contributed by atoms with van der Waals surface area (Å²) in [6.07, 6.45) is 5.35. The molecule has 1 saturated carbocycles. The molecule has 2 aliphatic rings. The number of hydrogen-bond donors (Lipinski definition) is 0. The molecular weight excluding hydrogens is 338 g/mol. The average Bonchev–Trinajstić information content (AvgIpc) is 3.49. The van der Waals surface area contributed by atoms with Gasteiger partial charge in [-0.1, -0.05) is 6.92 Å². The molecule has 0 N–H and O–H groups in total. The van der Waals surface area contributed by atoms with E-state index < -0.39 is 0 Å². The fourth-order valence-electron chi connectivity index (χ4n) is 3.86. The molecule has 0 radical (unpaired) electrons. The molecule has 0 amide bonds. The number of rotatable bonds is 4. The van der Waals surface area contributed by atoms with Crippen LogP contribution < -0.4 is 4.90 Å². The van der Waals surface area contributed by atoms with Gasteiger partial charge in [-0.15, -0.1) is 0 Å². The predicted octanol–water partition coefficient (Wildman–Crippen LogP) is 3.38. The molecule has 0 unspecified atom stereocenters. The van der Waals surface area contributed by atoms with Gasteiger partial charge in [0, 0.05) is 36.5 Å². The number of imidazole rings is 1. The molecule has 6 heteroatoms. The Morgan fingerprint density at radius 3 is 2.67 bits per heavy atom. The number of ether oxygens (including phenoxy) is 1. The summed E-state index contributed by atoms with van der Waals surface area (Å²) >= 11 is 0. The van der Waals surface area contributed by atoms with E-state index in [0.29, 0.717) is 5.92 Å². The Balaban J connectivity index is 1.71. The molecule has 1 aliphatic carbocycles. The third-order valence-electron chi connectivity index (χ3n) is 5.49. The van der Waals surface area contributed by atoms with Crippen molar-refractivity contribution in [2.75, 3.05) is 31.2 Å². The molecular formula is C21H25N5O. The second-order valence-corrected chi connectivity index (χ2v) is 7.52. The zero-order chi connectivity index (χ0) is 18.4. The Bertz CT molecular complexity index is 968. The lowest BCUT2D eigenvalue weighted by atomic mass is 10.1. The molecule has 5 rings (SSSR count). The molecule has 3 aromatic rings. The van der Waals surface area contributed by atoms with Crippen LogP contribution in [0.1, 0.15) is 42.8 Å². The fourth-order valence-corrected chi connectivity index (χ4v) is 3.86. The fraction of sp³-hybridized carbons (Fsp3) is 0.476. The first kappa shape index (κ1) is 16.7. The van der Waals surface area contributed by atoms with Gasteiger partial charge in [0.25, 0.3) is 0 Å². The van der Waals surface area contributed by atoms with Gasteiger partial charge in [0.1, 0.15) is 0 Å². The van der Waals surface area contributed by atoms with E-state index in [4.69, 9.17) is 14.8 Å². The van der Waals surface area contributed by atoms with Crippen molar-refractivity contribution in [3.8, 4) is 11.3 Å². The monoisotopic (exact) mass is 363 g/mol. The second-order valence-electron chi connectivity index (χ2n) is 7.52. The van der Waals surface area contributed by atoms with Gasteiger partial charge in [0.15, 0.2) is 5.65 Å². The molecule has 6 nitrogen and oxygen atoms in total. The topological polar surface area (TPSA) is 55.5 Å². The maximum atomic E-state index is 5.54. The van der Waals surface area contributed by atoms with Gasteiger partial charge < -0.3 is 9.64 Å². The van der Waals surface area contributed by atoms with Crippen molar-refractivity contribution in [3.05, 3.63) is 41.5 Å². The Morgan fingerprint density at radius 1 is 1.19 bits per heavy atom. The standard InChI is InChI=1S/C21H25N5O/c1-3-17-7-6-16(13-22-17)20-19(15-4-5-15)23-21-18(12-14(2)24-26(20)21)25-8-10-27-11-9-25/h6-7,12-13,15H,3-5,8-11H2,1-2H3. The lowest BCUT2D eigenvalue weighted by Gasteiger charge is -2.29. The van der Waals surface area contributed by atoms with Crippen LogP contribution in [0.15, 0.2) is 24.4 Å². The van der Waals surface area contributed by atoms with Gasteiger partial charge in [-0.2, -0.15) is 5.10 Å². The van der Waals surface area contributed by atoms with Crippen LogP contribution >= 0.6 is 0 Å². The Labute approximate surface area is 159 Å². The normalized spacial score (nSPS) is 17.6. The number of fused-ring (bicyclic) bond motifs is 1. The molecule has 4 heterocycles. The maximum absolute atomic E-state index is 5.54. The quantitative estimate of drug-likeness (QED) is 0.711. The van der Waals surface area contributed by atoms with Gasteiger partial charge in [-0.3, -0.25) is 4.98 Å². The van der Waals surface area contributed by atoms with Crippen molar-refractivity contribution in [2.45, 2.75) is 39.0 Å². The summed E-state index contributed by atoms with van der Waals surface area (Å²) < 4.78 is 7.59. The van der Waals surface area contributed by atoms with Crippen LogP contribution in [0.3, 0.4) is 0 Å². The van der Waals surface area contributed by atoms with Crippen molar-refractivity contribution >= 4 is 11.3 Å². The van der Waals surface area contributed by atoms with E-state index in [-0.39, 0.29) is 0 Å². The molecule has 3 aromatic heterocycles. The summed E-state index contributed by atoms with van der Waals surface area (Å²) in [5, 5.41) is 4.85. The Hall–Kier alpha value is -2.47. The first-order chi connectivity index (χ1) is 13.2. The largest absolute Gasteiger partial charge is 0.378 e. The lowest BCUT2D eigenvalue weighted by molar-refractivity contribution is 0.123. The summed E-state index contributed by atoms with van der Waals surface area (Å²) in [5.74, 6) is 0.547. The number of aryl methyl sites for hydroxylation is 2. The van der Waals surface area contributed by atoms with E-state index in [1.807, 2.05) is 6.20 Å². The van der Waals surface area contributed by atoms with E-state index in [9.17, 15) is 0 Å². The first-order valence-corrected chi connectivity index (χ1v) is 9.93. The number of hydrogen-bond acceptors (Lipinski definition) is 5. The van der Waals surface area contributed by atoms with Crippen LogP contribution in [0.25, 0.3) is 16.9 Å².